The maximum atomic E-state index is 13.0. The fourth-order valence-electron chi connectivity index (χ4n) is 4.39. The van der Waals surface area contributed by atoms with Crippen molar-refractivity contribution in [1.82, 2.24) is 24.9 Å². The molecular weight excluding hydrogens is 414 g/mol. The maximum absolute atomic E-state index is 13.0. The van der Waals surface area contributed by atoms with E-state index in [-0.39, 0.29) is 12.2 Å². The number of benzene rings is 2. The van der Waals surface area contributed by atoms with Crippen LogP contribution < -0.4 is 5.32 Å². The molecule has 2 aromatic carbocycles. The van der Waals surface area contributed by atoms with Gasteiger partial charge in [-0.15, -0.1) is 0 Å². The number of aromatic amines is 1. The van der Waals surface area contributed by atoms with Gasteiger partial charge in [0.05, 0.1) is 29.9 Å². The van der Waals surface area contributed by atoms with Crippen LogP contribution in [0.25, 0.3) is 10.9 Å². The fourth-order valence-corrected chi connectivity index (χ4v) is 4.39. The van der Waals surface area contributed by atoms with Crippen LogP contribution in [0.2, 0.25) is 0 Å². The summed E-state index contributed by atoms with van der Waals surface area (Å²) in [5.41, 5.74) is 4.77. The number of aromatic nitrogens is 4. The van der Waals surface area contributed by atoms with Crippen LogP contribution in [0.3, 0.4) is 0 Å². The second kappa shape index (κ2) is 8.88. The Morgan fingerprint density at radius 1 is 1.27 bits per heavy atom. The van der Waals surface area contributed by atoms with Crippen molar-refractivity contribution in [3.8, 4) is 6.07 Å². The van der Waals surface area contributed by atoms with E-state index in [0.717, 1.165) is 47.2 Å². The van der Waals surface area contributed by atoms with Gasteiger partial charge in [-0.25, -0.2) is 0 Å². The molecule has 1 aliphatic heterocycles. The Kier molecular flexibility index (Phi) is 5.63. The van der Waals surface area contributed by atoms with Crippen molar-refractivity contribution in [3.05, 3.63) is 77.2 Å². The van der Waals surface area contributed by atoms with Gasteiger partial charge in [-0.1, -0.05) is 12.1 Å². The SMILES string of the molecule is CN1CCC(Nc2ccc3c(C(=O)Cc4cnn(Cc5cccc(C#N)c5)c4)n[nH]c3c2)C1. The molecule has 1 fully saturated rings. The van der Waals surface area contributed by atoms with Crippen molar-refractivity contribution in [2.24, 2.45) is 0 Å². The molecule has 1 aliphatic rings. The standard InChI is InChI=1S/C25H25N7O/c1-31-8-7-21(16-31)28-20-5-6-22-23(11-20)29-30-25(22)24(33)10-19-13-27-32(15-19)14-18-4-2-3-17(9-18)12-26/h2-6,9,11,13,15,21,28H,7-8,10,14,16H2,1H3,(H,29,30). The van der Waals surface area contributed by atoms with Gasteiger partial charge in [0.2, 0.25) is 0 Å². The lowest BCUT2D eigenvalue weighted by Gasteiger charge is -2.14. The van der Waals surface area contributed by atoms with E-state index in [1.165, 1.54) is 0 Å². The molecule has 2 aromatic heterocycles. The summed E-state index contributed by atoms with van der Waals surface area (Å²) in [5, 5.41) is 25.1. The van der Waals surface area contributed by atoms with Gasteiger partial charge in [0.1, 0.15) is 5.69 Å². The van der Waals surface area contributed by atoms with Gasteiger partial charge >= 0.3 is 0 Å². The number of carbonyl (C=O) groups excluding carboxylic acids is 1. The molecule has 1 unspecified atom stereocenters. The summed E-state index contributed by atoms with van der Waals surface area (Å²) in [7, 11) is 2.13. The van der Waals surface area contributed by atoms with Crippen molar-refractivity contribution in [3.63, 3.8) is 0 Å². The number of ketones is 1. The monoisotopic (exact) mass is 439 g/mol. The maximum Gasteiger partial charge on any atom is 0.188 e. The van der Waals surface area contributed by atoms with Crippen LogP contribution in [0.5, 0.6) is 0 Å². The zero-order chi connectivity index (χ0) is 22.8. The molecule has 0 amide bonds. The normalized spacial score (nSPS) is 16.2. The molecule has 33 heavy (non-hydrogen) atoms. The number of fused-ring (bicyclic) bond motifs is 1. The molecule has 1 atom stereocenters. The van der Waals surface area contributed by atoms with Crippen molar-refractivity contribution in [1.29, 1.82) is 5.26 Å². The molecule has 2 N–H and O–H groups in total. The van der Waals surface area contributed by atoms with Crippen LogP contribution in [0, 0.1) is 11.3 Å². The Hall–Kier alpha value is -3.96. The smallest absolute Gasteiger partial charge is 0.188 e. The van der Waals surface area contributed by atoms with Gasteiger partial charge in [0.25, 0.3) is 0 Å². The zero-order valence-corrected chi connectivity index (χ0v) is 18.5. The molecule has 0 aliphatic carbocycles. The molecule has 1 saturated heterocycles. The fraction of sp³-hybridized carbons (Fsp3) is 0.280. The van der Waals surface area contributed by atoms with Gasteiger partial charge < -0.3 is 10.2 Å². The van der Waals surface area contributed by atoms with Gasteiger partial charge in [-0.05, 0) is 61.5 Å². The van der Waals surface area contributed by atoms with Crippen molar-refractivity contribution in [2.75, 3.05) is 25.5 Å². The highest BCUT2D eigenvalue weighted by atomic mass is 16.1. The topological polar surface area (TPSA) is 103 Å². The number of hydrogen-bond donors (Lipinski definition) is 2. The number of rotatable bonds is 7. The first-order valence-electron chi connectivity index (χ1n) is 11.0. The third-order valence-corrected chi connectivity index (χ3v) is 6.04. The van der Waals surface area contributed by atoms with Gasteiger partial charge in [-0.3, -0.25) is 14.6 Å². The van der Waals surface area contributed by atoms with Crippen LogP contribution in [-0.2, 0) is 13.0 Å². The highest BCUT2D eigenvalue weighted by molar-refractivity contribution is 6.07. The number of likely N-dealkylation sites (N-methyl/N-ethyl adjacent to an activating group) is 1. The Morgan fingerprint density at radius 2 is 2.18 bits per heavy atom. The number of hydrogen-bond acceptors (Lipinski definition) is 6. The Bertz CT molecular complexity index is 1350. The largest absolute Gasteiger partial charge is 0.381 e. The summed E-state index contributed by atoms with van der Waals surface area (Å²) in [5.74, 6) is -0.0506. The van der Waals surface area contributed by atoms with E-state index >= 15 is 0 Å². The van der Waals surface area contributed by atoms with Crippen LogP contribution in [-0.4, -0.2) is 56.8 Å². The minimum atomic E-state index is -0.0506. The lowest BCUT2D eigenvalue weighted by Crippen LogP contribution is -2.23. The van der Waals surface area contributed by atoms with Crippen LogP contribution >= 0.6 is 0 Å². The summed E-state index contributed by atoms with van der Waals surface area (Å²) in [4.78, 5) is 15.3. The number of nitrogens with one attached hydrogen (secondary N) is 2. The molecule has 166 valence electrons. The van der Waals surface area contributed by atoms with Crippen LogP contribution in [0.1, 0.15) is 33.6 Å². The Balaban J connectivity index is 1.26. The van der Waals surface area contributed by atoms with E-state index in [2.05, 4.69) is 38.6 Å². The van der Waals surface area contributed by atoms with E-state index in [4.69, 9.17) is 5.26 Å². The summed E-state index contributed by atoms with van der Waals surface area (Å²) >= 11 is 0. The van der Waals surface area contributed by atoms with Crippen molar-refractivity contribution >= 4 is 22.4 Å². The van der Waals surface area contributed by atoms with E-state index < -0.39 is 0 Å². The average Bonchev–Trinajstić information content (AvgIpc) is 3.54. The first-order valence-corrected chi connectivity index (χ1v) is 11.0. The third kappa shape index (κ3) is 4.64. The first kappa shape index (κ1) is 20.9. The molecule has 0 saturated carbocycles. The minimum Gasteiger partial charge on any atom is -0.381 e. The zero-order valence-electron chi connectivity index (χ0n) is 18.5. The van der Waals surface area contributed by atoms with E-state index in [9.17, 15) is 4.79 Å². The Labute approximate surface area is 191 Å². The number of anilines is 1. The van der Waals surface area contributed by atoms with E-state index in [1.54, 1.807) is 16.9 Å². The number of nitriles is 1. The predicted octanol–water partition coefficient (Wildman–Crippen LogP) is 3.22. The van der Waals surface area contributed by atoms with Crippen LogP contribution in [0.15, 0.2) is 54.9 Å². The highest BCUT2D eigenvalue weighted by Gasteiger charge is 2.20. The van der Waals surface area contributed by atoms with Gasteiger partial charge in [-0.2, -0.15) is 15.5 Å². The lowest BCUT2D eigenvalue weighted by molar-refractivity contribution is 0.0989. The summed E-state index contributed by atoms with van der Waals surface area (Å²) < 4.78 is 1.78. The summed E-state index contributed by atoms with van der Waals surface area (Å²) in [6.07, 6.45) is 4.93. The summed E-state index contributed by atoms with van der Waals surface area (Å²) in [6, 6.07) is 16.0. The Morgan fingerprint density at radius 3 is 3.00 bits per heavy atom. The highest BCUT2D eigenvalue weighted by Crippen LogP contribution is 2.23. The van der Waals surface area contributed by atoms with E-state index in [0.29, 0.717) is 23.8 Å². The lowest BCUT2D eigenvalue weighted by atomic mass is 10.1. The van der Waals surface area contributed by atoms with Gasteiger partial charge in [0.15, 0.2) is 5.78 Å². The number of H-pyrrole nitrogens is 1. The molecule has 5 rings (SSSR count). The molecule has 8 nitrogen and oxygen atoms in total. The van der Waals surface area contributed by atoms with E-state index in [1.807, 2.05) is 42.6 Å². The average molecular weight is 440 g/mol. The number of nitrogens with zero attached hydrogens (tertiary/aromatic N) is 5. The second-order valence-electron chi connectivity index (χ2n) is 8.68. The number of carbonyl (C=O) groups is 1. The molecule has 8 heteroatoms. The first-order chi connectivity index (χ1) is 16.1. The van der Waals surface area contributed by atoms with Crippen molar-refractivity contribution in [2.45, 2.75) is 25.4 Å². The minimum absolute atomic E-state index is 0.0506. The second-order valence-corrected chi connectivity index (χ2v) is 8.68. The molecule has 4 aromatic rings. The molecule has 0 radical (unpaired) electrons. The third-order valence-electron chi connectivity index (χ3n) is 6.04. The molecule has 0 bridgehead atoms. The number of likely N-dealkylation sites (tertiary alicyclic amines) is 1. The quantitative estimate of drug-likeness (QED) is 0.429. The summed E-state index contributed by atoms with van der Waals surface area (Å²) in [6.45, 7) is 2.68. The molecule has 0 spiro atoms. The molecular formula is C25H25N7O. The van der Waals surface area contributed by atoms with Crippen LogP contribution in [0.4, 0.5) is 5.69 Å². The van der Waals surface area contributed by atoms with Crippen molar-refractivity contribution < 1.29 is 4.79 Å². The predicted molar refractivity (Wildman–Crippen MR) is 126 cm³/mol. The number of Topliss-reactive ketones (excluding diaryl/α,β-unsaturated/α-hetero) is 1. The molecule has 3 heterocycles. The van der Waals surface area contributed by atoms with Gasteiger partial charge in [0, 0.05) is 36.3 Å².